The van der Waals surface area contributed by atoms with Crippen molar-refractivity contribution < 1.29 is 18.7 Å². The van der Waals surface area contributed by atoms with Gasteiger partial charge in [-0.1, -0.05) is 19.9 Å². The molecule has 1 atom stereocenters. The second-order valence-corrected chi connectivity index (χ2v) is 6.28. The summed E-state index contributed by atoms with van der Waals surface area (Å²) in [5.74, 6) is -2.94. The van der Waals surface area contributed by atoms with Gasteiger partial charge in [-0.2, -0.15) is 0 Å². The van der Waals surface area contributed by atoms with E-state index < -0.39 is 43.0 Å². The first-order chi connectivity index (χ1) is 10.2. The molecule has 1 aromatic heterocycles. The van der Waals surface area contributed by atoms with E-state index in [1.807, 2.05) is 26.0 Å². The van der Waals surface area contributed by atoms with Crippen molar-refractivity contribution in [3.63, 3.8) is 0 Å². The molecule has 122 valence electrons. The number of halogens is 2. The molecule has 1 fully saturated rings. The minimum absolute atomic E-state index is 0.267. The molecule has 0 aromatic carbocycles. The molecular weight excluding hydrogens is 292 g/mol. The summed E-state index contributed by atoms with van der Waals surface area (Å²) in [5, 5.41) is 11.8. The summed E-state index contributed by atoms with van der Waals surface area (Å²) in [6, 6.07) is 4.09. The van der Waals surface area contributed by atoms with Crippen molar-refractivity contribution in [2.45, 2.75) is 37.6 Å². The van der Waals surface area contributed by atoms with Gasteiger partial charge >= 0.3 is 6.03 Å². The Labute approximate surface area is 128 Å². The standard InChI is InChI=1S/C15H21F2N3O2/c1-14(2,12-5-3-4-6-18-12)9-19-13(22)20-10-15(16,17)7-11(20)8-21/h3-6,11,21H,7-10H2,1-2H3,(H,19,22). The molecule has 5 nitrogen and oxygen atoms in total. The van der Waals surface area contributed by atoms with Gasteiger partial charge in [0, 0.05) is 30.3 Å². The SMILES string of the molecule is CC(C)(CNC(=O)N1CC(F)(F)CC1CO)c1ccccn1. The van der Waals surface area contributed by atoms with Crippen LogP contribution in [-0.2, 0) is 5.41 Å². The lowest BCUT2D eigenvalue weighted by Crippen LogP contribution is -2.48. The van der Waals surface area contributed by atoms with Gasteiger partial charge in [0.05, 0.1) is 19.2 Å². The van der Waals surface area contributed by atoms with Gasteiger partial charge in [-0.25, -0.2) is 13.6 Å². The molecule has 22 heavy (non-hydrogen) atoms. The van der Waals surface area contributed by atoms with Crippen molar-refractivity contribution >= 4 is 6.03 Å². The highest BCUT2D eigenvalue weighted by molar-refractivity contribution is 5.75. The number of urea groups is 1. The fraction of sp³-hybridized carbons (Fsp3) is 0.600. The summed E-state index contributed by atoms with van der Waals surface area (Å²) >= 11 is 0. The Kier molecular flexibility index (Phi) is 4.65. The molecule has 2 heterocycles. The number of amides is 2. The van der Waals surface area contributed by atoms with Gasteiger partial charge < -0.3 is 15.3 Å². The molecule has 7 heteroatoms. The Morgan fingerprint density at radius 1 is 1.55 bits per heavy atom. The topological polar surface area (TPSA) is 65.5 Å². The molecule has 1 unspecified atom stereocenters. The molecule has 2 amide bonds. The predicted octanol–water partition coefficient (Wildman–Crippen LogP) is 1.77. The number of likely N-dealkylation sites (tertiary alicyclic amines) is 1. The Hall–Kier alpha value is -1.76. The normalized spacial score (nSPS) is 21.0. The maximum Gasteiger partial charge on any atom is 0.317 e. The summed E-state index contributed by atoms with van der Waals surface area (Å²) in [5.41, 5.74) is 0.384. The predicted molar refractivity (Wildman–Crippen MR) is 77.8 cm³/mol. The quantitative estimate of drug-likeness (QED) is 0.890. The van der Waals surface area contributed by atoms with Crippen LogP contribution in [0.3, 0.4) is 0 Å². The monoisotopic (exact) mass is 313 g/mol. The van der Waals surface area contributed by atoms with E-state index in [0.29, 0.717) is 0 Å². The van der Waals surface area contributed by atoms with Crippen molar-refractivity contribution in [3.8, 4) is 0 Å². The molecule has 0 saturated carbocycles. The smallest absolute Gasteiger partial charge is 0.317 e. The van der Waals surface area contributed by atoms with Gasteiger partial charge in [0.25, 0.3) is 5.92 Å². The van der Waals surface area contributed by atoms with E-state index in [0.717, 1.165) is 10.6 Å². The number of aromatic nitrogens is 1. The third-order valence-corrected chi connectivity index (χ3v) is 3.89. The van der Waals surface area contributed by atoms with E-state index in [1.54, 1.807) is 12.3 Å². The average Bonchev–Trinajstić information content (AvgIpc) is 2.81. The van der Waals surface area contributed by atoms with Crippen LogP contribution in [0.1, 0.15) is 26.0 Å². The highest BCUT2D eigenvalue weighted by Crippen LogP contribution is 2.31. The van der Waals surface area contributed by atoms with E-state index >= 15 is 0 Å². The van der Waals surface area contributed by atoms with Crippen LogP contribution in [0.2, 0.25) is 0 Å². The van der Waals surface area contributed by atoms with Crippen molar-refractivity contribution in [1.82, 2.24) is 15.2 Å². The van der Waals surface area contributed by atoms with Gasteiger partial charge in [0.15, 0.2) is 0 Å². The molecule has 1 aromatic rings. The molecule has 0 aliphatic carbocycles. The first kappa shape index (κ1) is 16.6. The first-order valence-electron chi connectivity index (χ1n) is 7.20. The summed E-state index contributed by atoms with van der Waals surface area (Å²) in [7, 11) is 0. The van der Waals surface area contributed by atoms with Crippen molar-refractivity contribution in [1.29, 1.82) is 0 Å². The van der Waals surface area contributed by atoms with Gasteiger partial charge in [0.1, 0.15) is 0 Å². The lowest BCUT2D eigenvalue weighted by molar-refractivity contribution is 0.0141. The maximum atomic E-state index is 13.4. The van der Waals surface area contributed by atoms with E-state index in [2.05, 4.69) is 10.3 Å². The Balaban J connectivity index is 1.98. The lowest BCUT2D eigenvalue weighted by atomic mass is 9.89. The van der Waals surface area contributed by atoms with Crippen LogP contribution in [0.4, 0.5) is 13.6 Å². The van der Waals surface area contributed by atoms with Crippen LogP contribution in [-0.4, -0.2) is 52.7 Å². The van der Waals surface area contributed by atoms with Crippen LogP contribution < -0.4 is 5.32 Å². The number of carbonyl (C=O) groups is 1. The first-order valence-corrected chi connectivity index (χ1v) is 7.20. The van der Waals surface area contributed by atoms with Crippen LogP contribution in [0.25, 0.3) is 0 Å². The fourth-order valence-corrected chi connectivity index (χ4v) is 2.55. The zero-order valence-corrected chi connectivity index (χ0v) is 12.7. The van der Waals surface area contributed by atoms with Gasteiger partial charge in [-0.3, -0.25) is 4.98 Å². The Morgan fingerprint density at radius 2 is 2.27 bits per heavy atom. The minimum Gasteiger partial charge on any atom is -0.394 e. The zero-order chi connectivity index (χ0) is 16.4. The van der Waals surface area contributed by atoms with Crippen LogP contribution in [0.5, 0.6) is 0 Å². The van der Waals surface area contributed by atoms with E-state index in [1.165, 1.54) is 0 Å². The molecule has 0 spiro atoms. The van der Waals surface area contributed by atoms with Gasteiger partial charge in [0.2, 0.25) is 0 Å². The van der Waals surface area contributed by atoms with E-state index in [-0.39, 0.29) is 6.54 Å². The maximum absolute atomic E-state index is 13.4. The van der Waals surface area contributed by atoms with Crippen LogP contribution in [0.15, 0.2) is 24.4 Å². The van der Waals surface area contributed by atoms with E-state index in [9.17, 15) is 13.6 Å². The molecule has 1 aliphatic heterocycles. The Morgan fingerprint density at radius 3 is 2.86 bits per heavy atom. The van der Waals surface area contributed by atoms with Crippen molar-refractivity contribution in [2.24, 2.45) is 0 Å². The van der Waals surface area contributed by atoms with Crippen molar-refractivity contribution in [3.05, 3.63) is 30.1 Å². The molecule has 0 radical (unpaired) electrons. The number of hydrogen-bond donors (Lipinski definition) is 2. The molecule has 1 aliphatic rings. The van der Waals surface area contributed by atoms with E-state index in [4.69, 9.17) is 5.11 Å². The highest BCUT2D eigenvalue weighted by Gasteiger charge is 2.46. The second-order valence-electron chi connectivity index (χ2n) is 6.28. The number of carbonyl (C=O) groups excluding carboxylic acids is 1. The lowest BCUT2D eigenvalue weighted by Gasteiger charge is -2.28. The summed E-state index contributed by atoms with van der Waals surface area (Å²) in [4.78, 5) is 17.4. The number of rotatable bonds is 4. The van der Waals surface area contributed by atoms with Crippen LogP contribution in [0, 0.1) is 0 Å². The van der Waals surface area contributed by atoms with Crippen molar-refractivity contribution in [2.75, 3.05) is 19.7 Å². The fourth-order valence-electron chi connectivity index (χ4n) is 2.55. The third-order valence-electron chi connectivity index (χ3n) is 3.89. The molecule has 1 saturated heterocycles. The number of aliphatic hydroxyl groups is 1. The number of nitrogens with zero attached hydrogens (tertiary/aromatic N) is 2. The Bertz CT molecular complexity index is 523. The minimum atomic E-state index is -2.94. The second kappa shape index (κ2) is 6.16. The van der Waals surface area contributed by atoms with Crippen LogP contribution >= 0.6 is 0 Å². The average molecular weight is 313 g/mol. The summed E-state index contributed by atoms with van der Waals surface area (Å²) < 4.78 is 26.8. The number of pyridine rings is 1. The third kappa shape index (κ3) is 3.71. The molecule has 2 N–H and O–H groups in total. The number of aliphatic hydroxyl groups excluding tert-OH is 1. The summed E-state index contributed by atoms with van der Waals surface area (Å²) in [6.07, 6.45) is 1.17. The van der Waals surface area contributed by atoms with Gasteiger partial charge in [-0.15, -0.1) is 0 Å². The number of alkyl halides is 2. The number of hydrogen-bond acceptors (Lipinski definition) is 3. The highest BCUT2D eigenvalue weighted by atomic mass is 19.3. The molecule has 0 bridgehead atoms. The molecular formula is C15H21F2N3O2. The zero-order valence-electron chi connectivity index (χ0n) is 12.7. The van der Waals surface area contributed by atoms with Gasteiger partial charge in [-0.05, 0) is 12.1 Å². The largest absolute Gasteiger partial charge is 0.394 e. The number of nitrogens with one attached hydrogen (secondary N) is 1. The summed E-state index contributed by atoms with van der Waals surface area (Å²) in [6.45, 7) is 2.97. The molecule has 2 rings (SSSR count).